The van der Waals surface area contributed by atoms with Crippen LogP contribution in [-0.4, -0.2) is 77.9 Å². The van der Waals surface area contributed by atoms with Gasteiger partial charge in [-0.3, -0.25) is 23.9 Å². The maximum Gasteiger partial charge on any atom is 0.246 e. The molecule has 5 aromatic rings. The number of carbonyl (C=O) groups excluding carboxylic acids is 3. The molecule has 2 aromatic carbocycles. The molecular weight excluding hydrogens is 793 g/mol. The summed E-state index contributed by atoms with van der Waals surface area (Å²) >= 11 is 3.33. The topological polar surface area (TPSA) is 155 Å². The molecule has 0 spiro atoms. The molecule has 2 aliphatic rings. The molecule has 14 heteroatoms. The molecule has 3 N–H and O–H groups in total. The highest BCUT2D eigenvalue weighted by Gasteiger charge is 2.44. The number of nitrogens with one attached hydrogen (secondary N) is 2. The molecule has 0 saturated carbocycles. The average Bonchev–Trinajstić information content (AvgIpc) is 3.98. The number of thiophene rings is 1. The van der Waals surface area contributed by atoms with Crippen LogP contribution >= 0.6 is 22.7 Å². The van der Waals surface area contributed by atoms with Gasteiger partial charge in [0.15, 0.2) is 5.82 Å². The third-order valence-corrected chi connectivity index (χ3v) is 13.9. The van der Waals surface area contributed by atoms with Crippen molar-refractivity contribution >= 4 is 46.1 Å². The molecule has 316 valence electrons. The zero-order valence-electron chi connectivity index (χ0n) is 36.0. The second kappa shape index (κ2) is 17.5. The summed E-state index contributed by atoms with van der Waals surface area (Å²) < 4.78 is 2.15. The van der Waals surface area contributed by atoms with Crippen LogP contribution in [0.4, 0.5) is 0 Å². The van der Waals surface area contributed by atoms with Crippen molar-refractivity contribution in [3.63, 3.8) is 0 Å². The predicted molar refractivity (Wildman–Crippen MR) is 238 cm³/mol. The number of aromatic nitrogens is 4. The third-order valence-electron chi connectivity index (χ3n) is 11.8. The zero-order valence-corrected chi connectivity index (χ0v) is 37.6. The summed E-state index contributed by atoms with van der Waals surface area (Å²) in [4.78, 5) is 54.5. The molecule has 2 aliphatic heterocycles. The molecule has 3 amide bonds. The first kappa shape index (κ1) is 43.1. The minimum atomic E-state index is -0.872. The maximum atomic E-state index is 14.2. The first-order valence-corrected chi connectivity index (χ1v) is 22.5. The van der Waals surface area contributed by atoms with Crippen molar-refractivity contribution in [3.8, 4) is 15.4 Å². The molecule has 60 heavy (non-hydrogen) atoms. The highest BCUT2D eigenvalue weighted by atomic mass is 32.1. The van der Waals surface area contributed by atoms with E-state index in [1.54, 1.807) is 22.7 Å². The van der Waals surface area contributed by atoms with Crippen LogP contribution in [0, 0.1) is 33.1 Å². The second-order valence-electron chi connectivity index (χ2n) is 17.3. The van der Waals surface area contributed by atoms with E-state index in [1.165, 1.54) is 20.9 Å². The Labute approximate surface area is 360 Å². The Morgan fingerprint density at radius 3 is 2.32 bits per heavy atom. The lowest BCUT2D eigenvalue weighted by Crippen LogP contribution is -2.57. The normalized spacial score (nSPS) is 18.6. The van der Waals surface area contributed by atoms with E-state index in [2.05, 4.69) is 75.4 Å². The number of β-amino-alcohol motifs (C(OH)–C–C–N with tert-alkyl or cyclic N) is 1. The van der Waals surface area contributed by atoms with Gasteiger partial charge in [0.05, 0.1) is 33.9 Å². The van der Waals surface area contributed by atoms with Crippen LogP contribution in [-0.2, 0) is 20.8 Å². The van der Waals surface area contributed by atoms with Gasteiger partial charge in [-0.25, -0.2) is 4.98 Å². The molecule has 5 heterocycles. The van der Waals surface area contributed by atoms with Crippen molar-refractivity contribution in [1.29, 1.82) is 0 Å². The summed E-state index contributed by atoms with van der Waals surface area (Å²) in [5, 5.41) is 26.7. The third kappa shape index (κ3) is 8.87. The number of amides is 3. The second-order valence-corrected chi connectivity index (χ2v) is 19.4. The molecule has 0 aliphatic carbocycles. The first-order chi connectivity index (χ1) is 28.5. The number of thiazole rings is 1. The average molecular weight is 849 g/mol. The molecule has 1 fully saturated rings. The number of fused-ring (bicyclic) bond motifs is 3. The van der Waals surface area contributed by atoms with Gasteiger partial charge < -0.3 is 20.6 Å². The van der Waals surface area contributed by atoms with Crippen molar-refractivity contribution in [2.75, 3.05) is 6.54 Å². The number of aryl methyl sites for hydroxylation is 4. The first-order valence-electron chi connectivity index (χ1n) is 20.8. The van der Waals surface area contributed by atoms with E-state index < -0.39 is 23.6 Å². The molecule has 0 bridgehead atoms. The van der Waals surface area contributed by atoms with Crippen molar-refractivity contribution in [2.45, 2.75) is 125 Å². The lowest BCUT2D eigenvalue weighted by molar-refractivity contribution is -0.144. The number of likely N-dealkylation sites (tertiary alicyclic amines) is 1. The predicted octanol–water partition coefficient (Wildman–Crippen LogP) is 7.68. The van der Waals surface area contributed by atoms with Gasteiger partial charge >= 0.3 is 0 Å². The van der Waals surface area contributed by atoms with Gasteiger partial charge in [0, 0.05) is 35.4 Å². The van der Waals surface area contributed by atoms with Gasteiger partial charge in [-0.2, -0.15) is 0 Å². The molecule has 0 radical (unpaired) electrons. The maximum absolute atomic E-state index is 14.2. The van der Waals surface area contributed by atoms with Gasteiger partial charge in [0.2, 0.25) is 17.7 Å². The van der Waals surface area contributed by atoms with E-state index in [0.29, 0.717) is 6.42 Å². The number of rotatable bonds is 12. The van der Waals surface area contributed by atoms with Crippen LogP contribution in [0.15, 0.2) is 59.0 Å². The SMILES string of the molecule is Cc1ncsc1-c1ccc([C@H](C)NC(=O)[C@@H]2C[C@@H](O)CN2C(=O)C(NC(=O)CCCCc2ccc(C3=N[C@@H](C)c4nnc(C)n4-c4sc(C)c(C)c43)cc2)C(C)(C)C)cc1. The van der Waals surface area contributed by atoms with Crippen LogP contribution < -0.4 is 10.6 Å². The van der Waals surface area contributed by atoms with E-state index in [4.69, 9.17) is 4.99 Å². The molecule has 7 rings (SSSR count). The van der Waals surface area contributed by atoms with Gasteiger partial charge in [0.25, 0.3) is 0 Å². The molecule has 12 nitrogen and oxygen atoms in total. The summed E-state index contributed by atoms with van der Waals surface area (Å²) in [5.74, 6) is 0.784. The zero-order chi connectivity index (χ0) is 43.0. The minimum absolute atomic E-state index is 0.0255. The fourth-order valence-electron chi connectivity index (χ4n) is 8.17. The summed E-state index contributed by atoms with van der Waals surface area (Å²) in [6.07, 6.45) is 1.80. The van der Waals surface area contributed by atoms with Gasteiger partial charge in [-0.05, 0) is 88.5 Å². The van der Waals surface area contributed by atoms with E-state index in [-0.39, 0.29) is 49.2 Å². The largest absolute Gasteiger partial charge is 0.391 e. The van der Waals surface area contributed by atoms with Gasteiger partial charge in [-0.1, -0.05) is 69.3 Å². The number of carbonyl (C=O) groups is 3. The highest BCUT2D eigenvalue weighted by Crippen LogP contribution is 2.39. The number of aliphatic hydroxyl groups is 1. The number of aliphatic hydroxyl groups excluding tert-OH is 1. The lowest BCUT2D eigenvalue weighted by Gasteiger charge is -2.35. The minimum Gasteiger partial charge on any atom is -0.391 e. The van der Waals surface area contributed by atoms with E-state index in [9.17, 15) is 19.5 Å². The van der Waals surface area contributed by atoms with Crippen molar-refractivity contribution in [2.24, 2.45) is 10.4 Å². The lowest BCUT2D eigenvalue weighted by atomic mass is 9.85. The Morgan fingerprint density at radius 2 is 1.65 bits per heavy atom. The Hall–Kier alpha value is -5.05. The molecule has 3 aromatic heterocycles. The Bertz CT molecular complexity index is 2410. The monoisotopic (exact) mass is 848 g/mol. The van der Waals surface area contributed by atoms with Crippen molar-refractivity contribution < 1.29 is 19.5 Å². The number of aliphatic imine (C=N–C) groups is 1. The van der Waals surface area contributed by atoms with E-state index in [0.717, 1.165) is 68.0 Å². The Balaban J connectivity index is 0.936. The number of hydrogen-bond donors (Lipinski definition) is 3. The summed E-state index contributed by atoms with van der Waals surface area (Å²) in [6.45, 7) is 17.9. The van der Waals surface area contributed by atoms with Crippen LogP contribution in [0.3, 0.4) is 0 Å². The van der Waals surface area contributed by atoms with E-state index in [1.807, 2.05) is 71.3 Å². The van der Waals surface area contributed by atoms with Gasteiger partial charge in [-0.15, -0.1) is 32.9 Å². The molecule has 5 atom stereocenters. The Kier molecular flexibility index (Phi) is 12.6. The van der Waals surface area contributed by atoms with Crippen LogP contribution in [0.2, 0.25) is 0 Å². The van der Waals surface area contributed by atoms with Crippen LogP contribution in [0.5, 0.6) is 0 Å². The van der Waals surface area contributed by atoms with Gasteiger partial charge in [0.1, 0.15) is 29.0 Å². The van der Waals surface area contributed by atoms with Crippen molar-refractivity contribution in [3.05, 3.63) is 104 Å². The van der Waals surface area contributed by atoms with Crippen LogP contribution in [0.25, 0.3) is 15.4 Å². The Morgan fingerprint density at radius 1 is 0.950 bits per heavy atom. The van der Waals surface area contributed by atoms with Crippen molar-refractivity contribution in [1.82, 2.24) is 35.3 Å². The fourth-order valence-corrected chi connectivity index (χ4v) is 10.2. The smallest absolute Gasteiger partial charge is 0.246 e. The molecule has 1 unspecified atom stereocenters. The summed E-state index contributed by atoms with van der Waals surface area (Å²) in [5.41, 5.74) is 9.69. The van der Waals surface area contributed by atoms with E-state index >= 15 is 0 Å². The number of benzene rings is 2. The molecule has 1 saturated heterocycles. The standard InChI is InChI=1S/C46H56N8O4S2/c1-25-29(5)60-45-38(25)39(48-28(4)42-52-51-30(6)54(42)45)33-16-14-31(15-17-33)12-10-11-13-37(56)50-41(46(7,8)9)44(58)53-23-35(55)22-36(53)43(57)49-26(2)32-18-20-34(21-19-32)40-27(3)47-24-59-40/h14-21,24,26,28,35-36,41,55H,10-13,22-23H2,1-9H3,(H,49,57)(H,50,56)/t26-,28-,35+,36-,41?/m0/s1. The quantitative estimate of drug-likeness (QED) is 0.109. The fraction of sp³-hybridized carbons (Fsp3) is 0.457. The summed E-state index contributed by atoms with van der Waals surface area (Å²) in [7, 11) is 0. The highest BCUT2D eigenvalue weighted by molar-refractivity contribution is 7.15. The van der Waals surface area contributed by atoms with Crippen LogP contribution in [0.1, 0.15) is 122 Å². The number of nitrogens with zero attached hydrogens (tertiary/aromatic N) is 6. The number of hydrogen-bond acceptors (Lipinski definition) is 10. The number of unbranched alkanes of at least 4 members (excludes halogenated alkanes) is 1. The summed E-state index contributed by atoms with van der Waals surface area (Å²) in [6, 6.07) is 14.4. The molecular formula is C46H56N8O4S2.